The van der Waals surface area contributed by atoms with Gasteiger partial charge >= 0.3 is 0 Å². The van der Waals surface area contributed by atoms with E-state index in [1.807, 2.05) is 54.6 Å². The number of halogens is 1. The average molecular weight is 585 g/mol. The molecule has 2 bridgehead atoms. The number of aromatic nitrogens is 2. The van der Waals surface area contributed by atoms with Crippen LogP contribution in [-0.2, 0) is 4.74 Å². The van der Waals surface area contributed by atoms with Gasteiger partial charge in [0.1, 0.15) is 11.9 Å². The smallest absolute Gasteiger partial charge is 0.251 e. The van der Waals surface area contributed by atoms with Crippen LogP contribution in [0.4, 0.5) is 0 Å². The quantitative estimate of drug-likeness (QED) is 0.238. The minimum absolute atomic E-state index is 0.142. The van der Waals surface area contributed by atoms with E-state index in [0.29, 0.717) is 28.7 Å². The molecule has 3 saturated heterocycles. The fourth-order valence-corrected chi connectivity index (χ4v) is 7.32. The first-order valence-corrected chi connectivity index (χ1v) is 15.5. The minimum Gasteiger partial charge on any atom is -0.490 e. The molecule has 0 aliphatic carbocycles. The Hall–Kier alpha value is -3.39. The monoisotopic (exact) mass is 584 g/mol. The van der Waals surface area contributed by atoms with E-state index in [1.54, 1.807) is 0 Å². The van der Waals surface area contributed by atoms with Crippen molar-refractivity contribution in [2.45, 2.75) is 69.8 Å². The van der Waals surface area contributed by atoms with E-state index in [0.717, 1.165) is 59.5 Å². The van der Waals surface area contributed by atoms with Crippen molar-refractivity contribution in [1.82, 2.24) is 20.4 Å². The maximum Gasteiger partial charge on any atom is 0.251 e. The highest BCUT2D eigenvalue weighted by Crippen LogP contribution is 2.40. The second-order valence-corrected chi connectivity index (χ2v) is 12.7. The van der Waals surface area contributed by atoms with E-state index in [-0.39, 0.29) is 24.0 Å². The van der Waals surface area contributed by atoms with Crippen LogP contribution in [0.1, 0.15) is 61.5 Å². The third-order valence-corrected chi connectivity index (χ3v) is 9.58. The predicted molar refractivity (Wildman–Crippen MR) is 165 cm³/mol. The van der Waals surface area contributed by atoms with Gasteiger partial charge in [0.05, 0.1) is 36.5 Å². The molecule has 3 aromatic carbocycles. The fraction of sp³-hybridized carbons (Fsp3) is 0.412. The molecule has 42 heavy (non-hydrogen) atoms. The first-order chi connectivity index (χ1) is 20.4. The Labute approximate surface area is 251 Å². The highest BCUT2D eigenvalue weighted by molar-refractivity contribution is 6.31. The largest absolute Gasteiger partial charge is 0.490 e. The van der Waals surface area contributed by atoms with Gasteiger partial charge in [-0.1, -0.05) is 43.6 Å². The van der Waals surface area contributed by atoms with E-state index in [2.05, 4.69) is 46.4 Å². The first-order valence-electron chi connectivity index (χ1n) is 15.1. The summed E-state index contributed by atoms with van der Waals surface area (Å²) in [5.41, 5.74) is 4.17. The molecule has 1 aromatic heterocycles. The van der Waals surface area contributed by atoms with E-state index in [4.69, 9.17) is 21.1 Å². The van der Waals surface area contributed by atoms with Crippen LogP contribution in [0.15, 0.2) is 66.7 Å². The van der Waals surface area contributed by atoms with E-state index < -0.39 is 0 Å². The fourth-order valence-electron chi connectivity index (χ4n) is 7.07. The maximum atomic E-state index is 13.4. The van der Waals surface area contributed by atoms with Crippen LogP contribution in [0.2, 0.25) is 5.02 Å². The van der Waals surface area contributed by atoms with E-state index in [9.17, 15) is 4.79 Å². The number of ether oxygens (including phenoxy) is 2. The lowest BCUT2D eigenvalue weighted by molar-refractivity contribution is -0.102. The molecule has 2 N–H and O–H groups in total. The van der Waals surface area contributed by atoms with E-state index >= 15 is 0 Å². The molecule has 0 spiro atoms. The second-order valence-electron chi connectivity index (χ2n) is 12.3. The van der Waals surface area contributed by atoms with Crippen molar-refractivity contribution in [3.8, 4) is 17.0 Å². The molecular weight excluding hydrogens is 548 g/mol. The first kappa shape index (κ1) is 27.4. The molecular formula is C34H37ClN4O3. The van der Waals surface area contributed by atoms with Gasteiger partial charge in [-0.15, -0.1) is 0 Å². The molecule has 7 rings (SSSR count). The van der Waals surface area contributed by atoms with Crippen LogP contribution < -0.4 is 10.1 Å². The topological polar surface area (TPSA) is 79.5 Å². The second kappa shape index (κ2) is 11.4. The van der Waals surface area contributed by atoms with Crippen molar-refractivity contribution in [3.63, 3.8) is 0 Å². The van der Waals surface area contributed by atoms with Gasteiger partial charge in [-0.05, 0) is 85.7 Å². The lowest BCUT2D eigenvalue weighted by Crippen LogP contribution is -2.57. The van der Waals surface area contributed by atoms with Crippen molar-refractivity contribution in [3.05, 3.63) is 82.9 Å². The molecule has 3 fully saturated rings. The van der Waals surface area contributed by atoms with Gasteiger partial charge in [0.2, 0.25) is 0 Å². The molecule has 4 aromatic rings. The highest BCUT2D eigenvalue weighted by Gasteiger charge is 2.46. The lowest BCUT2D eigenvalue weighted by Gasteiger charge is -2.46. The van der Waals surface area contributed by atoms with Gasteiger partial charge in [-0.2, -0.15) is 5.10 Å². The third-order valence-electron chi connectivity index (χ3n) is 9.24. The number of fused-ring (bicyclic) bond motifs is 3. The Morgan fingerprint density at radius 3 is 2.43 bits per heavy atom. The number of nitrogens with one attached hydrogen (secondary N) is 2. The Kier molecular flexibility index (Phi) is 7.42. The number of benzene rings is 3. The number of nitrogens with zero attached hydrogens (tertiary/aromatic N) is 2. The molecule has 1 amide bonds. The average Bonchev–Trinajstić information content (AvgIpc) is 3.48. The van der Waals surface area contributed by atoms with Crippen LogP contribution in [0, 0.1) is 5.92 Å². The molecule has 3 aliphatic heterocycles. The highest BCUT2D eigenvalue weighted by atomic mass is 35.5. The van der Waals surface area contributed by atoms with Gasteiger partial charge in [0.25, 0.3) is 5.91 Å². The summed E-state index contributed by atoms with van der Waals surface area (Å²) in [4.78, 5) is 16.1. The summed E-state index contributed by atoms with van der Waals surface area (Å²) < 4.78 is 11.9. The van der Waals surface area contributed by atoms with Crippen LogP contribution in [0.5, 0.6) is 5.75 Å². The molecule has 1 unspecified atom stereocenters. The SMILES string of the molecule is CC(C)C(NC(=O)c1ccc2[nH]nc(-c3ccc(O[C@@H]4C[C@H]5CC[C@@H](C4)N5C4COC4)cc3)c2c1)c1ccccc1Cl. The number of piperidine rings is 1. The standard InChI is InChI=1S/C34H37ClN4O3/c1-20(2)32(28-5-3-4-6-30(28)35)36-34(40)22-9-14-31-29(15-22)33(38-37-31)21-7-12-26(13-8-21)42-27-16-23-10-11-24(17-27)39(23)25-18-41-19-25/h3-9,12-15,20,23-25,27,32H,10-11,16-19H2,1-2H3,(H,36,40)(H,37,38)/t23-,24+,27-,32?. The van der Waals surface area contributed by atoms with Gasteiger partial charge in [0.15, 0.2) is 0 Å². The molecule has 0 saturated carbocycles. The van der Waals surface area contributed by atoms with Crippen molar-refractivity contribution in [2.24, 2.45) is 5.92 Å². The van der Waals surface area contributed by atoms with Crippen molar-refractivity contribution in [2.75, 3.05) is 13.2 Å². The van der Waals surface area contributed by atoms with Crippen molar-refractivity contribution in [1.29, 1.82) is 0 Å². The van der Waals surface area contributed by atoms with Crippen molar-refractivity contribution < 1.29 is 14.3 Å². The number of aromatic amines is 1. The Bertz CT molecular complexity index is 1570. The maximum absolute atomic E-state index is 13.4. The van der Waals surface area contributed by atoms with E-state index in [1.165, 1.54) is 12.8 Å². The van der Waals surface area contributed by atoms with Crippen LogP contribution >= 0.6 is 11.6 Å². The molecule has 8 heteroatoms. The lowest BCUT2D eigenvalue weighted by atomic mass is 9.95. The Morgan fingerprint density at radius 1 is 1.02 bits per heavy atom. The van der Waals surface area contributed by atoms with Gasteiger partial charge in [-0.3, -0.25) is 14.8 Å². The van der Waals surface area contributed by atoms with Crippen LogP contribution in [0.25, 0.3) is 22.2 Å². The summed E-state index contributed by atoms with van der Waals surface area (Å²) in [5.74, 6) is 0.918. The van der Waals surface area contributed by atoms with Crippen LogP contribution in [0.3, 0.4) is 0 Å². The number of hydrogen-bond acceptors (Lipinski definition) is 5. The number of H-pyrrole nitrogens is 1. The number of carbonyl (C=O) groups excluding carboxylic acids is 1. The summed E-state index contributed by atoms with van der Waals surface area (Å²) in [6.07, 6.45) is 4.95. The van der Waals surface area contributed by atoms with Crippen molar-refractivity contribution >= 4 is 28.4 Å². The number of hydrogen-bond donors (Lipinski definition) is 2. The van der Waals surface area contributed by atoms with Gasteiger partial charge in [0, 0.05) is 33.6 Å². The number of amides is 1. The molecule has 3 aliphatic rings. The molecule has 0 radical (unpaired) electrons. The summed E-state index contributed by atoms with van der Waals surface area (Å²) in [7, 11) is 0. The molecule has 7 nitrogen and oxygen atoms in total. The zero-order valence-electron chi connectivity index (χ0n) is 24.1. The molecule has 4 atom stereocenters. The summed E-state index contributed by atoms with van der Waals surface area (Å²) in [5, 5.41) is 12.5. The molecule has 4 heterocycles. The molecule has 218 valence electrons. The third kappa shape index (κ3) is 5.19. The summed E-state index contributed by atoms with van der Waals surface area (Å²) in [6, 6.07) is 23.1. The van der Waals surface area contributed by atoms with Crippen LogP contribution in [-0.4, -0.2) is 58.4 Å². The Morgan fingerprint density at radius 2 is 1.76 bits per heavy atom. The zero-order chi connectivity index (χ0) is 28.8. The summed E-state index contributed by atoms with van der Waals surface area (Å²) in [6.45, 7) is 5.93. The number of rotatable bonds is 8. The minimum atomic E-state index is -0.201. The van der Waals surface area contributed by atoms with Gasteiger partial charge in [-0.25, -0.2) is 0 Å². The normalized spacial score (nSPS) is 23.2. The predicted octanol–water partition coefficient (Wildman–Crippen LogP) is 6.78. The zero-order valence-corrected chi connectivity index (χ0v) is 24.8. The Balaban J connectivity index is 1.06. The van der Waals surface area contributed by atoms with Gasteiger partial charge < -0.3 is 14.8 Å². The summed E-state index contributed by atoms with van der Waals surface area (Å²) >= 11 is 6.47. The number of carbonyl (C=O) groups is 1.